The molecule has 0 aromatic heterocycles. The molecule has 21 heavy (non-hydrogen) atoms. The lowest BCUT2D eigenvalue weighted by molar-refractivity contribution is -0.137. The topological polar surface area (TPSA) is 46.5 Å². The van der Waals surface area contributed by atoms with Gasteiger partial charge in [0.2, 0.25) is 0 Å². The lowest BCUT2D eigenvalue weighted by Gasteiger charge is -2.10. The van der Waals surface area contributed by atoms with Crippen molar-refractivity contribution in [1.82, 2.24) is 0 Å². The van der Waals surface area contributed by atoms with Gasteiger partial charge in [0, 0.05) is 13.2 Å². The summed E-state index contributed by atoms with van der Waals surface area (Å²) >= 11 is 0. The highest BCUT2D eigenvalue weighted by atomic mass is 19.4. The molecule has 1 rings (SSSR count). The average molecular weight is 304 g/mol. The van der Waals surface area contributed by atoms with Crippen LogP contribution < -0.4 is 0 Å². The molecule has 0 fully saturated rings. The summed E-state index contributed by atoms with van der Waals surface area (Å²) in [5.74, 6) is -1.15. The van der Waals surface area contributed by atoms with Gasteiger partial charge < -0.3 is 9.84 Å². The Balaban J connectivity index is 0.00000191. The van der Waals surface area contributed by atoms with Crippen LogP contribution in [0.1, 0.15) is 31.4 Å². The predicted molar refractivity (Wildman–Crippen MR) is 74.9 cm³/mol. The molecule has 0 saturated carbocycles. The number of carbonyl (C=O) groups is 1. The molecule has 0 bridgehead atoms. The van der Waals surface area contributed by atoms with Gasteiger partial charge in [-0.1, -0.05) is 26.0 Å². The van der Waals surface area contributed by atoms with Crippen molar-refractivity contribution < 1.29 is 27.8 Å². The Kier molecular flexibility index (Phi) is 8.38. The molecule has 0 spiro atoms. The number of ether oxygens (including phenoxy) is 1. The quantitative estimate of drug-likeness (QED) is 0.828. The zero-order valence-corrected chi connectivity index (χ0v) is 12.2. The van der Waals surface area contributed by atoms with E-state index < -0.39 is 17.7 Å². The van der Waals surface area contributed by atoms with Gasteiger partial charge in [-0.2, -0.15) is 13.2 Å². The van der Waals surface area contributed by atoms with Gasteiger partial charge in [-0.05, 0) is 29.7 Å². The van der Waals surface area contributed by atoms with Crippen molar-refractivity contribution in [1.29, 1.82) is 0 Å². The SMILES string of the molecule is CC.COCC/C(=C\C(=O)O)c1ccc(C(F)(F)F)cc1. The molecule has 6 heteroatoms. The molecular weight excluding hydrogens is 285 g/mol. The summed E-state index contributed by atoms with van der Waals surface area (Å²) in [6.07, 6.45) is -3.11. The maximum atomic E-state index is 12.4. The first-order valence-corrected chi connectivity index (χ1v) is 6.44. The van der Waals surface area contributed by atoms with Gasteiger partial charge in [-0.3, -0.25) is 0 Å². The molecule has 1 aromatic carbocycles. The van der Waals surface area contributed by atoms with Crippen molar-refractivity contribution in [3.05, 3.63) is 41.5 Å². The van der Waals surface area contributed by atoms with Crippen LogP contribution in [0.5, 0.6) is 0 Å². The van der Waals surface area contributed by atoms with E-state index >= 15 is 0 Å². The molecule has 3 nitrogen and oxygen atoms in total. The number of hydrogen-bond acceptors (Lipinski definition) is 2. The number of benzene rings is 1. The molecule has 118 valence electrons. The van der Waals surface area contributed by atoms with Crippen LogP contribution in [0.25, 0.3) is 5.57 Å². The van der Waals surface area contributed by atoms with Crippen LogP contribution in [0.2, 0.25) is 0 Å². The third kappa shape index (κ3) is 6.94. The van der Waals surface area contributed by atoms with Crippen LogP contribution in [0, 0.1) is 0 Å². The molecule has 0 heterocycles. The summed E-state index contributed by atoms with van der Waals surface area (Å²) in [6, 6.07) is 4.37. The fraction of sp³-hybridized carbons (Fsp3) is 0.400. The minimum Gasteiger partial charge on any atom is -0.478 e. The summed E-state index contributed by atoms with van der Waals surface area (Å²) < 4.78 is 42.1. The van der Waals surface area contributed by atoms with Gasteiger partial charge in [0.1, 0.15) is 0 Å². The fourth-order valence-corrected chi connectivity index (χ4v) is 1.53. The van der Waals surface area contributed by atoms with Crippen molar-refractivity contribution in [3.63, 3.8) is 0 Å². The van der Waals surface area contributed by atoms with Crippen LogP contribution in [0.15, 0.2) is 30.3 Å². The van der Waals surface area contributed by atoms with Crippen molar-refractivity contribution in [2.75, 3.05) is 13.7 Å². The van der Waals surface area contributed by atoms with E-state index in [1.54, 1.807) is 0 Å². The normalized spacial score (nSPS) is 11.6. The fourth-order valence-electron chi connectivity index (χ4n) is 1.53. The smallest absolute Gasteiger partial charge is 0.416 e. The van der Waals surface area contributed by atoms with Crippen LogP contribution >= 0.6 is 0 Å². The first kappa shape index (κ1) is 19.2. The van der Waals surface area contributed by atoms with Crippen molar-refractivity contribution in [3.8, 4) is 0 Å². The lowest BCUT2D eigenvalue weighted by Crippen LogP contribution is -2.04. The third-order valence-corrected chi connectivity index (χ3v) is 2.46. The van der Waals surface area contributed by atoms with Crippen molar-refractivity contribution in [2.24, 2.45) is 0 Å². The minimum absolute atomic E-state index is 0.292. The minimum atomic E-state index is -4.40. The van der Waals surface area contributed by atoms with E-state index in [-0.39, 0.29) is 0 Å². The molecule has 0 unspecified atom stereocenters. The number of carboxylic acids is 1. The van der Waals surface area contributed by atoms with Gasteiger partial charge in [-0.25, -0.2) is 4.79 Å². The molecule has 1 aromatic rings. The van der Waals surface area contributed by atoms with E-state index in [1.165, 1.54) is 19.2 Å². The number of rotatable bonds is 5. The second kappa shape index (κ2) is 9.18. The molecule has 0 saturated heterocycles. The molecule has 0 amide bonds. The lowest BCUT2D eigenvalue weighted by atomic mass is 10.0. The first-order valence-electron chi connectivity index (χ1n) is 6.44. The molecule has 0 aliphatic rings. The standard InChI is InChI=1S/C13H13F3O3.C2H6/c1-19-7-6-10(8-12(17)18)9-2-4-11(5-3-9)13(14,15)16;1-2/h2-5,8H,6-7H2,1H3,(H,17,18);1-2H3/b10-8+;. The molecule has 0 aliphatic carbocycles. The van der Waals surface area contributed by atoms with Crippen molar-refractivity contribution >= 4 is 11.5 Å². The van der Waals surface area contributed by atoms with E-state index in [1.807, 2.05) is 13.8 Å². The summed E-state index contributed by atoms with van der Waals surface area (Å²) in [7, 11) is 1.46. The van der Waals surface area contributed by atoms with Crippen LogP contribution in [-0.2, 0) is 15.7 Å². The van der Waals surface area contributed by atoms with Crippen molar-refractivity contribution in [2.45, 2.75) is 26.4 Å². The van der Waals surface area contributed by atoms with E-state index in [4.69, 9.17) is 9.84 Å². The number of methoxy groups -OCH3 is 1. The summed E-state index contributed by atoms with van der Waals surface area (Å²) in [5.41, 5.74) is 0.0909. The monoisotopic (exact) mass is 304 g/mol. The number of halogens is 3. The number of hydrogen-bond donors (Lipinski definition) is 1. The second-order valence-electron chi connectivity index (χ2n) is 3.83. The summed E-state index contributed by atoms with van der Waals surface area (Å²) in [5, 5.41) is 8.73. The van der Waals surface area contributed by atoms with Crippen LogP contribution in [-0.4, -0.2) is 24.8 Å². The highest BCUT2D eigenvalue weighted by Gasteiger charge is 2.30. The highest BCUT2D eigenvalue weighted by Crippen LogP contribution is 2.30. The zero-order valence-electron chi connectivity index (χ0n) is 12.2. The Morgan fingerprint density at radius 2 is 1.76 bits per heavy atom. The summed E-state index contributed by atoms with van der Waals surface area (Å²) in [4.78, 5) is 10.7. The molecule has 1 N–H and O–H groups in total. The Hall–Kier alpha value is -1.82. The number of aliphatic carboxylic acids is 1. The Morgan fingerprint density at radius 3 is 2.14 bits per heavy atom. The van der Waals surface area contributed by atoms with Crippen LogP contribution in [0.3, 0.4) is 0 Å². The largest absolute Gasteiger partial charge is 0.478 e. The highest BCUT2D eigenvalue weighted by molar-refractivity contribution is 5.90. The van der Waals surface area contributed by atoms with E-state index in [0.717, 1.165) is 18.2 Å². The Labute approximate surface area is 122 Å². The zero-order chi connectivity index (χ0) is 16.5. The molecule has 0 radical (unpaired) electrons. The third-order valence-electron chi connectivity index (χ3n) is 2.46. The van der Waals surface area contributed by atoms with Gasteiger partial charge in [0.05, 0.1) is 12.2 Å². The second-order valence-corrected chi connectivity index (χ2v) is 3.83. The molecule has 0 aliphatic heterocycles. The van der Waals surface area contributed by atoms with Gasteiger partial charge in [0.15, 0.2) is 0 Å². The maximum Gasteiger partial charge on any atom is 0.416 e. The summed E-state index contributed by atoms with van der Waals surface area (Å²) in [6.45, 7) is 4.29. The van der Waals surface area contributed by atoms with Gasteiger partial charge in [0.25, 0.3) is 0 Å². The van der Waals surface area contributed by atoms with Crippen LogP contribution in [0.4, 0.5) is 13.2 Å². The Morgan fingerprint density at radius 1 is 1.24 bits per heavy atom. The predicted octanol–water partition coefficient (Wildman–Crippen LogP) is 4.24. The van der Waals surface area contributed by atoms with Gasteiger partial charge in [-0.15, -0.1) is 0 Å². The van der Waals surface area contributed by atoms with E-state index in [0.29, 0.717) is 24.2 Å². The molecule has 0 atom stereocenters. The van der Waals surface area contributed by atoms with Gasteiger partial charge >= 0.3 is 12.1 Å². The number of alkyl halides is 3. The average Bonchev–Trinajstić information content (AvgIpc) is 2.44. The Bertz CT molecular complexity index is 462. The van der Waals surface area contributed by atoms with E-state index in [2.05, 4.69) is 0 Å². The first-order chi connectivity index (χ1) is 9.84. The number of carboxylic acid groups (broad SMARTS) is 1. The van der Waals surface area contributed by atoms with E-state index in [9.17, 15) is 18.0 Å². The maximum absolute atomic E-state index is 12.4. The molecular formula is C15H19F3O3.